The summed E-state index contributed by atoms with van der Waals surface area (Å²) in [5.74, 6) is 0.872. The number of para-hydroxylation sites is 1. The Morgan fingerprint density at radius 3 is 3.06 bits per heavy atom. The van der Waals surface area contributed by atoms with E-state index in [-0.39, 0.29) is 12.1 Å². The van der Waals surface area contributed by atoms with Crippen molar-refractivity contribution in [2.24, 2.45) is 0 Å². The number of benzene rings is 1. The van der Waals surface area contributed by atoms with E-state index in [1.165, 1.54) is 0 Å². The number of nitrogens with zero attached hydrogens (tertiary/aromatic N) is 2. The van der Waals surface area contributed by atoms with Gasteiger partial charge in [0.25, 0.3) is 0 Å². The topological polar surface area (TPSA) is 59.1 Å². The molecule has 2 heterocycles. The predicted octanol–water partition coefficient (Wildman–Crippen LogP) is 1.03. The Morgan fingerprint density at radius 1 is 1.28 bits per heavy atom. The summed E-state index contributed by atoms with van der Waals surface area (Å²) >= 11 is 0. The normalized spacial score (nSPS) is 23.4. The van der Waals surface area contributed by atoms with Gasteiger partial charge >= 0.3 is 0 Å². The molecule has 94 valence electrons. The number of hydrogen-bond donors (Lipinski definition) is 2. The van der Waals surface area contributed by atoms with Gasteiger partial charge in [0.15, 0.2) is 0 Å². The van der Waals surface area contributed by atoms with Crippen LogP contribution in [0.5, 0.6) is 0 Å². The number of rotatable bonds is 3. The third-order valence-electron chi connectivity index (χ3n) is 3.33. The summed E-state index contributed by atoms with van der Waals surface area (Å²) in [5, 5.41) is 7.80. The van der Waals surface area contributed by atoms with Crippen LogP contribution < -0.4 is 10.6 Å². The van der Waals surface area contributed by atoms with Crippen molar-refractivity contribution in [2.75, 3.05) is 25.5 Å². The lowest BCUT2D eigenvalue weighted by atomic mass is 10.2. The molecule has 5 nitrogen and oxygen atoms in total. The average molecular weight is 244 g/mol. The second-order valence-corrected chi connectivity index (χ2v) is 4.42. The molecule has 2 atom stereocenters. The van der Waals surface area contributed by atoms with Gasteiger partial charge in [-0.15, -0.1) is 0 Å². The summed E-state index contributed by atoms with van der Waals surface area (Å²) in [7, 11) is 1.74. The second-order valence-electron chi connectivity index (χ2n) is 4.42. The molecule has 1 aliphatic rings. The molecule has 1 saturated heterocycles. The smallest absolute Gasteiger partial charge is 0.137 e. The van der Waals surface area contributed by atoms with Crippen LogP contribution in [0.25, 0.3) is 10.9 Å². The highest BCUT2D eigenvalue weighted by atomic mass is 16.5. The summed E-state index contributed by atoms with van der Waals surface area (Å²) in [6.45, 7) is 1.76. The van der Waals surface area contributed by atoms with Gasteiger partial charge in [-0.05, 0) is 12.1 Å². The Bertz CT molecular complexity index is 540. The predicted molar refractivity (Wildman–Crippen MR) is 70.6 cm³/mol. The van der Waals surface area contributed by atoms with Gasteiger partial charge in [-0.2, -0.15) is 0 Å². The summed E-state index contributed by atoms with van der Waals surface area (Å²) in [6, 6.07) is 8.24. The fourth-order valence-corrected chi connectivity index (χ4v) is 2.34. The van der Waals surface area contributed by atoms with Gasteiger partial charge in [-0.1, -0.05) is 12.1 Å². The number of hydrogen-bond acceptors (Lipinski definition) is 5. The third kappa shape index (κ3) is 2.02. The molecule has 1 fully saturated rings. The molecule has 0 amide bonds. The van der Waals surface area contributed by atoms with Crippen LogP contribution in [-0.2, 0) is 4.74 Å². The summed E-state index contributed by atoms with van der Waals surface area (Å²) < 4.78 is 5.44. The Hall–Kier alpha value is -1.72. The number of aromatic nitrogens is 2. The molecule has 0 aliphatic carbocycles. The maximum absolute atomic E-state index is 5.44. The van der Waals surface area contributed by atoms with Crippen LogP contribution in [0.15, 0.2) is 30.6 Å². The van der Waals surface area contributed by atoms with Gasteiger partial charge in [0, 0.05) is 25.6 Å². The quantitative estimate of drug-likeness (QED) is 0.844. The van der Waals surface area contributed by atoms with Gasteiger partial charge < -0.3 is 15.4 Å². The van der Waals surface area contributed by atoms with E-state index in [9.17, 15) is 0 Å². The van der Waals surface area contributed by atoms with Crippen LogP contribution in [0, 0.1) is 0 Å². The zero-order valence-corrected chi connectivity index (χ0v) is 10.3. The standard InChI is InChI=1S/C13H16N4O/c1-18-12-7-14-6-11(12)17-13-9-4-2-3-5-10(9)15-8-16-13/h2-5,8,11-12,14H,6-7H2,1H3,(H,15,16,17)/t11?,12-/m0/s1. The van der Waals surface area contributed by atoms with Crippen molar-refractivity contribution in [3.63, 3.8) is 0 Å². The van der Waals surface area contributed by atoms with Gasteiger partial charge in [-0.3, -0.25) is 0 Å². The molecule has 1 aliphatic heterocycles. The zero-order chi connectivity index (χ0) is 12.4. The lowest BCUT2D eigenvalue weighted by molar-refractivity contribution is 0.111. The molecule has 3 rings (SSSR count). The van der Waals surface area contributed by atoms with Crippen molar-refractivity contribution in [1.82, 2.24) is 15.3 Å². The maximum atomic E-state index is 5.44. The summed E-state index contributed by atoms with van der Waals surface area (Å²) in [4.78, 5) is 8.59. The number of nitrogens with one attached hydrogen (secondary N) is 2. The first-order valence-electron chi connectivity index (χ1n) is 6.08. The lowest BCUT2D eigenvalue weighted by Gasteiger charge is -2.19. The molecule has 1 aromatic heterocycles. The van der Waals surface area contributed by atoms with E-state index in [1.54, 1.807) is 13.4 Å². The third-order valence-corrected chi connectivity index (χ3v) is 3.33. The highest BCUT2D eigenvalue weighted by molar-refractivity contribution is 5.88. The average Bonchev–Trinajstić information content (AvgIpc) is 2.86. The van der Waals surface area contributed by atoms with Gasteiger partial charge in [0.2, 0.25) is 0 Å². The van der Waals surface area contributed by atoms with E-state index >= 15 is 0 Å². The first-order valence-corrected chi connectivity index (χ1v) is 6.08. The fraction of sp³-hybridized carbons (Fsp3) is 0.385. The minimum absolute atomic E-state index is 0.179. The molecule has 2 N–H and O–H groups in total. The van der Waals surface area contributed by atoms with E-state index in [0.29, 0.717) is 0 Å². The lowest BCUT2D eigenvalue weighted by Crippen LogP contribution is -2.33. The highest BCUT2D eigenvalue weighted by Gasteiger charge is 2.27. The largest absolute Gasteiger partial charge is 0.378 e. The Morgan fingerprint density at radius 2 is 2.17 bits per heavy atom. The van der Waals surface area contributed by atoms with Crippen LogP contribution in [0.3, 0.4) is 0 Å². The van der Waals surface area contributed by atoms with Crippen molar-refractivity contribution < 1.29 is 4.74 Å². The van der Waals surface area contributed by atoms with Gasteiger partial charge in [0.05, 0.1) is 17.7 Å². The Balaban J connectivity index is 1.90. The summed E-state index contributed by atoms with van der Waals surface area (Å²) in [6.07, 6.45) is 1.77. The number of ether oxygens (including phenoxy) is 1. The second kappa shape index (κ2) is 4.88. The molecule has 0 bridgehead atoms. The molecule has 5 heteroatoms. The van der Waals surface area contributed by atoms with Crippen LogP contribution in [0.1, 0.15) is 0 Å². The highest BCUT2D eigenvalue weighted by Crippen LogP contribution is 2.20. The molecule has 0 spiro atoms. The molecule has 0 radical (unpaired) electrons. The fourth-order valence-electron chi connectivity index (χ4n) is 2.34. The maximum Gasteiger partial charge on any atom is 0.137 e. The summed E-state index contributed by atoms with van der Waals surface area (Å²) in [5.41, 5.74) is 0.954. The van der Waals surface area contributed by atoms with Crippen LogP contribution in [0.2, 0.25) is 0 Å². The van der Waals surface area contributed by atoms with Crippen molar-refractivity contribution in [1.29, 1.82) is 0 Å². The molecule has 18 heavy (non-hydrogen) atoms. The van der Waals surface area contributed by atoms with Gasteiger partial charge in [-0.25, -0.2) is 9.97 Å². The first-order chi connectivity index (χ1) is 8.88. The van der Waals surface area contributed by atoms with E-state index in [4.69, 9.17) is 4.74 Å². The minimum atomic E-state index is 0.179. The van der Waals surface area contributed by atoms with E-state index in [2.05, 4.69) is 20.6 Å². The minimum Gasteiger partial charge on any atom is -0.378 e. The molecular weight excluding hydrogens is 228 g/mol. The number of anilines is 1. The molecule has 1 unspecified atom stereocenters. The Labute approximate surface area is 106 Å². The Kier molecular flexibility index (Phi) is 3.08. The van der Waals surface area contributed by atoms with Crippen molar-refractivity contribution in [2.45, 2.75) is 12.1 Å². The van der Waals surface area contributed by atoms with E-state index in [1.807, 2.05) is 24.3 Å². The van der Waals surface area contributed by atoms with E-state index < -0.39 is 0 Å². The van der Waals surface area contributed by atoms with Crippen LogP contribution in [0.4, 0.5) is 5.82 Å². The molecule has 0 saturated carbocycles. The number of fused-ring (bicyclic) bond motifs is 1. The molecule has 2 aromatic rings. The zero-order valence-electron chi connectivity index (χ0n) is 10.3. The van der Waals surface area contributed by atoms with Crippen molar-refractivity contribution in [3.05, 3.63) is 30.6 Å². The van der Waals surface area contributed by atoms with Crippen molar-refractivity contribution in [3.8, 4) is 0 Å². The van der Waals surface area contributed by atoms with Crippen LogP contribution >= 0.6 is 0 Å². The monoisotopic (exact) mass is 244 g/mol. The van der Waals surface area contributed by atoms with E-state index in [0.717, 1.165) is 29.8 Å². The van der Waals surface area contributed by atoms with Crippen LogP contribution in [-0.4, -0.2) is 42.3 Å². The van der Waals surface area contributed by atoms with Gasteiger partial charge in [0.1, 0.15) is 12.1 Å². The van der Waals surface area contributed by atoms with Crippen molar-refractivity contribution >= 4 is 16.7 Å². The SMILES string of the molecule is CO[C@H]1CNCC1Nc1ncnc2ccccc12. The molecule has 1 aromatic carbocycles. The first kappa shape index (κ1) is 11.4. The number of methoxy groups -OCH3 is 1. The molecular formula is C13H16N4O.